The molecule has 2 heterocycles. The van der Waals surface area contributed by atoms with Gasteiger partial charge in [0.2, 0.25) is 5.91 Å². The molecule has 2 fully saturated rings. The number of cyclic esters (lactones) is 1. The van der Waals surface area contributed by atoms with Crippen LogP contribution in [0.15, 0.2) is 54.6 Å². The molecule has 0 aromatic heterocycles. The summed E-state index contributed by atoms with van der Waals surface area (Å²) in [5.74, 6) is -0.628. The van der Waals surface area contributed by atoms with Gasteiger partial charge in [-0.2, -0.15) is 0 Å². The molecule has 174 valence electrons. The minimum atomic E-state index is -1.32. The average molecular weight is 454 g/mol. The van der Waals surface area contributed by atoms with Crippen LogP contribution in [-0.2, 0) is 14.3 Å². The third-order valence-electron chi connectivity index (χ3n) is 6.15. The molecule has 7 nitrogen and oxygen atoms in total. The first-order chi connectivity index (χ1) is 15.8. The second kappa shape index (κ2) is 9.60. The Morgan fingerprint density at radius 3 is 2.30 bits per heavy atom. The van der Waals surface area contributed by atoms with Crippen LogP contribution in [0, 0.1) is 0 Å². The normalized spacial score (nSPS) is 23.2. The summed E-state index contributed by atoms with van der Waals surface area (Å²) in [5.41, 5.74) is 2.95. The largest absolute Gasteiger partial charge is 0.434 e. The van der Waals surface area contributed by atoms with Crippen LogP contribution in [0.2, 0.25) is 0 Å². The van der Waals surface area contributed by atoms with Crippen molar-refractivity contribution < 1.29 is 23.5 Å². The summed E-state index contributed by atoms with van der Waals surface area (Å²) in [6.07, 6.45) is -3.17. The molecular weight excluding hydrogens is 425 g/mol. The molecule has 0 unspecified atom stereocenters. The van der Waals surface area contributed by atoms with E-state index in [9.17, 15) is 18.8 Å². The summed E-state index contributed by atoms with van der Waals surface area (Å²) in [7, 11) is 0. The molecule has 0 aliphatic carbocycles. The van der Waals surface area contributed by atoms with Crippen molar-refractivity contribution in [2.75, 3.05) is 13.1 Å². The van der Waals surface area contributed by atoms with Gasteiger partial charge in [-0.15, -0.1) is 0 Å². The van der Waals surface area contributed by atoms with Crippen LogP contribution in [0.25, 0.3) is 0 Å². The predicted octanol–water partition coefficient (Wildman–Crippen LogP) is 3.06. The lowest BCUT2D eigenvalue weighted by Crippen LogP contribution is -2.50. The minimum Gasteiger partial charge on any atom is -0.434 e. The maximum Gasteiger partial charge on any atom is 0.408 e. The van der Waals surface area contributed by atoms with Crippen LogP contribution < -0.4 is 10.6 Å². The first-order valence-corrected chi connectivity index (χ1v) is 11.2. The van der Waals surface area contributed by atoms with Crippen molar-refractivity contribution in [1.82, 2.24) is 15.5 Å². The van der Waals surface area contributed by atoms with Gasteiger partial charge in [0.15, 0.2) is 6.10 Å². The van der Waals surface area contributed by atoms with Gasteiger partial charge < -0.3 is 20.3 Å². The minimum absolute atomic E-state index is 0.00823. The second-order valence-corrected chi connectivity index (χ2v) is 8.79. The van der Waals surface area contributed by atoms with Crippen molar-refractivity contribution in [2.24, 2.45) is 0 Å². The maximum absolute atomic E-state index is 14.3. The lowest BCUT2D eigenvalue weighted by atomic mass is 9.95. The molecule has 33 heavy (non-hydrogen) atoms. The number of alkyl halides is 1. The standard InChI is InChI=1S/C25H28FN3O4/c1-15(2)16-8-10-18(11-9-16)22(17-6-4-3-5-7-17)28-23(30)20-12-19(26)14-29(20)24(31)21-13-27-25(32)33-21/h3-11,15,19-22H,12-14H2,1-2H3,(H,27,32)(H,28,30)/t19-,20+,21+,22+/m1/s1. The van der Waals surface area contributed by atoms with Gasteiger partial charge in [0.25, 0.3) is 5.91 Å². The molecule has 3 amide bonds. The van der Waals surface area contributed by atoms with Gasteiger partial charge >= 0.3 is 6.09 Å². The highest BCUT2D eigenvalue weighted by atomic mass is 19.1. The highest BCUT2D eigenvalue weighted by Gasteiger charge is 2.44. The molecule has 0 spiro atoms. The zero-order valence-corrected chi connectivity index (χ0v) is 18.7. The van der Waals surface area contributed by atoms with Crippen molar-refractivity contribution in [3.05, 3.63) is 71.3 Å². The summed E-state index contributed by atoms with van der Waals surface area (Å²) in [4.78, 5) is 38.7. The number of halogens is 1. The van der Waals surface area contributed by atoms with Gasteiger partial charge in [-0.1, -0.05) is 68.4 Å². The van der Waals surface area contributed by atoms with E-state index in [1.807, 2.05) is 54.6 Å². The van der Waals surface area contributed by atoms with E-state index in [4.69, 9.17) is 4.74 Å². The fraction of sp³-hybridized carbons (Fsp3) is 0.400. The third-order valence-corrected chi connectivity index (χ3v) is 6.15. The molecule has 0 saturated carbocycles. The molecular formula is C25H28FN3O4. The van der Waals surface area contributed by atoms with E-state index < -0.39 is 42.3 Å². The fourth-order valence-corrected chi connectivity index (χ4v) is 4.30. The van der Waals surface area contributed by atoms with Gasteiger partial charge in [0.1, 0.15) is 12.2 Å². The Morgan fingerprint density at radius 2 is 1.70 bits per heavy atom. The Bertz CT molecular complexity index is 1010. The van der Waals surface area contributed by atoms with E-state index in [0.717, 1.165) is 11.1 Å². The van der Waals surface area contributed by atoms with E-state index >= 15 is 0 Å². The Kier molecular flexibility index (Phi) is 6.62. The Morgan fingerprint density at radius 1 is 1.06 bits per heavy atom. The summed E-state index contributed by atoms with van der Waals surface area (Å²) < 4.78 is 19.3. The maximum atomic E-state index is 14.3. The Hall–Kier alpha value is -3.42. The monoisotopic (exact) mass is 453 g/mol. The lowest BCUT2D eigenvalue weighted by Gasteiger charge is -2.28. The summed E-state index contributed by atoms with van der Waals surface area (Å²) >= 11 is 0. The van der Waals surface area contributed by atoms with Crippen LogP contribution in [0.3, 0.4) is 0 Å². The number of ether oxygens (including phenoxy) is 1. The quantitative estimate of drug-likeness (QED) is 0.704. The van der Waals surface area contributed by atoms with Crippen LogP contribution >= 0.6 is 0 Å². The predicted molar refractivity (Wildman–Crippen MR) is 120 cm³/mol. The summed E-state index contributed by atoms with van der Waals surface area (Å²) in [6.45, 7) is 4.03. The van der Waals surface area contributed by atoms with E-state index in [1.165, 1.54) is 10.5 Å². The topological polar surface area (TPSA) is 87.7 Å². The number of amides is 3. The molecule has 2 aromatic rings. The molecule has 2 aliphatic heterocycles. The SMILES string of the molecule is CC(C)c1ccc([C@@H](NC(=O)[C@@H]2C[C@@H](F)CN2C(=O)[C@@H]2CNC(=O)O2)c2ccccc2)cc1. The highest BCUT2D eigenvalue weighted by molar-refractivity contribution is 5.92. The molecule has 8 heteroatoms. The summed E-state index contributed by atoms with van der Waals surface area (Å²) in [5, 5.41) is 5.44. The fourth-order valence-electron chi connectivity index (χ4n) is 4.30. The highest BCUT2D eigenvalue weighted by Crippen LogP contribution is 2.27. The third kappa shape index (κ3) is 4.99. The van der Waals surface area contributed by atoms with Crippen LogP contribution in [0.4, 0.5) is 9.18 Å². The molecule has 2 N–H and O–H groups in total. The van der Waals surface area contributed by atoms with Crippen molar-refractivity contribution in [2.45, 2.75) is 50.5 Å². The first kappa shape index (κ1) is 22.8. The van der Waals surface area contributed by atoms with Crippen LogP contribution in [0.5, 0.6) is 0 Å². The Labute approximate surface area is 192 Å². The van der Waals surface area contributed by atoms with E-state index in [-0.39, 0.29) is 19.5 Å². The van der Waals surface area contributed by atoms with Crippen LogP contribution in [-0.4, -0.2) is 54.2 Å². The van der Waals surface area contributed by atoms with Crippen molar-refractivity contribution >= 4 is 17.9 Å². The number of carbonyl (C=O) groups excluding carboxylic acids is 3. The van der Waals surface area contributed by atoms with Gasteiger partial charge in [-0.05, 0) is 22.6 Å². The van der Waals surface area contributed by atoms with Gasteiger partial charge in [0, 0.05) is 6.42 Å². The molecule has 2 saturated heterocycles. The van der Waals surface area contributed by atoms with E-state index in [0.29, 0.717) is 5.92 Å². The number of alkyl carbamates (subject to hydrolysis) is 1. The number of likely N-dealkylation sites (tertiary alicyclic amines) is 1. The number of carbonyl (C=O) groups is 3. The summed E-state index contributed by atoms with van der Waals surface area (Å²) in [6, 6.07) is 16.1. The van der Waals surface area contributed by atoms with Crippen LogP contribution in [0.1, 0.15) is 48.9 Å². The number of benzene rings is 2. The molecule has 4 rings (SSSR count). The molecule has 0 radical (unpaired) electrons. The van der Waals surface area contributed by atoms with E-state index in [1.54, 1.807) is 0 Å². The van der Waals surface area contributed by atoms with Gasteiger partial charge in [0.05, 0.1) is 19.1 Å². The van der Waals surface area contributed by atoms with Crippen molar-refractivity contribution in [1.29, 1.82) is 0 Å². The number of rotatable bonds is 6. The number of nitrogens with one attached hydrogen (secondary N) is 2. The number of nitrogens with zero attached hydrogens (tertiary/aromatic N) is 1. The Balaban J connectivity index is 1.56. The zero-order valence-electron chi connectivity index (χ0n) is 18.7. The van der Waals surface area contributed by atoms with Gasteiger partial charge in [-0.3, -0.25) is 9.59 Å². The molecule has 2 aliphatic rings. The molecule has 2 aromatic carbocycles. The molecule has 0 bridgehead atoms. The molecule has 4 atom stereocenters. The lowest BCUT2D eigenvalue weighted by molar-refractivity contribution is -0.144. The average Bonchev–Trinajstić information content (AvgIpc) is 3.43. The van der Waals surface area contributed by atoms with Crippen molar-refractivity contribution in [3.63, 3.8) is 0 Å². The van der Waals surface area contributed by atoms with E-state index in [2.05, 4.69) is 24.5 Å². The van der Waals surface area contributed by atoms with Gasteiger partial charge in [-0.25, -0.2) is 9.18 Å². The first-order valence-electron chi connectivity index (χ1n) is 11.2. The van der Waals surface area contributed by atoms with Crippen molar-refractivity contribution in [3.8, 4) is 0 Å². The second-order valence-electron chi connectivity index (χ2n) is 8.79. The number of hydrogen-bond acceptors (Lipinski definition) is 4. The zero-order chi connectivity index (χ0) is 23.5. The smallest absolute Gasteiger partial charge is 0.408 e. The number of hydrogen-bond donors (Lipinski definition) is 2.